The molecule has 0 spiro atoms. The number of carbonyl (C=O) groups is 2. The predicted molar refractivity (Wildman–Crippen MR) is 99.3 cm³/mol. The molecule has 0 bridgehead atoms. The standard InChI is InChI=1S/C20H14ClNO4/c21-14-6-8-15(9-7-14)26-16-10-11-17(20(24)25)18(12-16)22-19(23)13-4-2-1-3-5-13/h1-12H,(H,22,23)(H,24,25). The van der Waals surface area contributed by atoms with Crippen molar-refractivity contribution < 1.29 is 19.4 Å². The Bertz CT molecular complexity index is 940. The van der Waals surface area contributed by atoms with Crippen molar-refractivity contribution in [3.63, 3.8) is 0 Å². The summed E-state index contributed by atoms with van der Waals surface area (Å²) in [5.41, 5.74) is 0.545. The maximum atomic E-state index is 12.3. The lowest BCUT2D eigenvalue weighted by Crippen LogP contribution is -2.14. The molecule has 0 heterocycles. The largest absolute Gasteiger partial charge is 0.478 e. The molecule has 5 nitrogen and oxygen atoms in total. The SMILES string of the molecule is O=C(Nc1cc(Oc2ccc(Cl)cc2)ccc1C(=O)O)c1ccccc1. The maximum Gasteiger partial charge on any atom is 0.337 e. The van der Waals surface area contributed by atoms with Crippen molar-refractivity contribution in [2.75, 3.05) is 5.32 Å². The molecule has 0 unspecified atom stereocenters. The average Bonchev–Trinajstić information content (AvgIpc) is 2.64. The minimum atomic E-state index is -1.15. The summed E-state index contributed by atoms with van der Waals surface area (Å²) >= 11 is 5.84. The number of carboxylic acid groups (broad SMARTS) is 1. The molecular weight excluding hydrogens is 354 g/mol. The zero-order valence-electron chi connectivity index (χ0n) is 13.5. The third kappa shape index (κ3) is 4.20. The molecule has 2 N–H and O–H groups in total. The Morgan fingerprint density at radius 3 is 2.19 bits per heavy atom. The monoisotopic (exact) mass is 367 g/mol. The number of ether oxygens (including phenoxy) is 1. The van der Waals surface area contributed by atoms with Crippen LogP contribution in [0.25, 0.3) is 0 Å². The summed E-state index contributed by atoms with van der Waals surface area (Å²) in [6.45, 7) is 0. The summed E-state index contributed by atoms with van der Waals surface area (Å²) in [5, 5.41) is 12.6. The van der Waals surface area contributed by atoms with E-state index in [2.05, 4.69) is 5.32 Å². The van der Waals surface area contributed by atoms with Crippen molar-refractivity contribution in [3.05, 3.63) is 88.9 Å². The van der Waals surface area contributed by atoms with E-state index in [4.69, 9.17) is 16.3 Å². The molecule has 130 valence electrons. The molecule has 3 aromatic rings. The maximum absolute atomic E-state index is 12.3. The average molecular weight is 368 g/mol. The number of amides is 1. The van der Waals surface area contributed by atoms with Crippen LogP contribution in [0.15, 0.2) is 72.8 Å². The van der Waals surface area contributed by atoms with E-state index < -0.39 is 11.9 Å². The van der Waals surface area contributed by atoms with Crippen LogP contribution in [0.1, 0.15) is 20.7 Å². The van der Waals surface area contributed by atoms with Crippen molar-refractivity contribution in [2.24, 2.45) is 0 Å². The fourth-order valence-corrected chi connectivity index (χ4v) is 2.43. The zero-order valence-corrected chi connectivity index (χ0v) is 14.2. The summed E-state index contributed by atoms with van der Waals surface area (Å²) in [6, 6.07) is 19.7. The van der Waals surface area contributed by atoms with Gasteiger partial charge in [0.15, 0.2) is 0 Å². The number of hydrogen-bond donors (Lipinski definition) is 2. The van der Waals surface area contributed by atoms with Crippen molar-refractivity contribution in [3.8, 4) is 11.5 Å². The van der Waals surface area contributed by atoms with E-state index in [1.165, 1.54) is 18.2 Å². The van der Waals surface area contributed by atoms with Crippen LogP contribution in [0.4, 0.5) is 5.69 Å². The molecule has 0 aromatic heterocycles. The first-order valence-corrected chi connectivity index (χ1v) is 8.08. The Hall–Kier alpha value is -3.31. The molecule has 0 fully saturated rings. The number of rotatable bonds is 5. The van der Waals surface area contributed by atoms with Gasteiger partial charge in [0.05, 0.1) is 11.3 Å². The summed E-state index contributed by atoms with van der Waals surface area (Å²) in [6.07, 6.45) is 0. The highest BCUT2D eigenvalue weighted by molar-refractivity contribution is 6.30. The van der Waals surface area contributed by atoms with Crippen molar-refractivity contribution in [2.45, 2.75) is 0 Å². The summed E-state index contributed by atoms with van der Waals surface area (Å²) < 4.78 is 5.69. The van der Waals surface area contributed by atoms with Crippen LogP contribution in [0.5, 0.6) is 11.5 Å². The first-order valence-electron chi connectivity index (χ1n) is 7.70. The fourth-order valence-electron chi connectivity index (χ4n) is 2.30. The van der Waals surface area contributed by atoms with Crippen LogP contribution in [-0.4, -0.2) is 17.0 Å². The highest BCUT2D eigenvalue weighted by Crippen LogP contribution is 2.28. The van der Waals surface area contributed by atoms with Crippen molar-refractivity contribution in [1.29, 1.82) is 0 Å². The lowest BCUT2D eigenvalue weighted by Gasteiger charge is -2.12. The second kappa shape index (κ2) is 7.72. The minimum Gasteiger partial charge on any atom is -0.478 e. The first-order chi connectivity index (χ1) is 12.5. The van der Waals surface area contributed by atoms with Gasteiger partial charge >= 0.3 is 5.97 Å². The van der Waals surface area contributed by atoms with Gasteiger partial charge in [-0.1, -0.05) is 29.8 Å². The first kappa shape index (κ1) is 17.5. The van der Waals surface area contributed by atoms with Gasteiger partial charge in [-0.3, -0.25) is 4.79 Å². The number of carbonyl (C=O) groups excluding carboxylic acids is 1. The summed E-state index contributed by atoms with van der Waals surface area (Å²) in [4.78, 5) is 23.8. The molecule has 26 heavy (non-hydrogen) atoms. The molecule has 0 radical (unpaired) electrons. The van der Waals surface area contributed by atoms with Gasteiger partial charge in [0, 0.05) is 16.7 Å². The quantitative estimate of drug-likeness (QED) is 0.659. The topological polar surface area (TPSA) is 75.6 Å². The van der Waals surface area contributed by atoms with E-state index in [-0.39, 0.29) is 11.3 Å². The van der Waals surface area contributed by atoms with Crippen LogP contribution in [0.2, 0.25) is 5.02 Å². The third-order valence-corrected chi connectivity index (χ3v) is 3.81. The Kier molecular flexibility index (Phi) is 5.20. The Morgan fingerprint density at radius 1 is 0.885 bits per heavy atom. The zero-order chi connectivity index (χ0) is 18.5. The molecule has 0 saturated carbocycles. The molecule has 0 aliphatic carbocycles. The summed E-state index contributed by atoms with van der Waals surface area (Å²) in [5.74, 6) is -0.623. The normalized spacial score (nSPS) is 10.2. The molecule has 3 aromatic carbocycles. The highest BCUT2D eigenvalue weighted by Gasteiger charge is 2.15. The van der Waals surface area contributed by atoms with E-state index in [0.29, 0.717) is 22.1 Å². The van der Waals surface area contributed by atoms with E-state index >= 15 is 0 Å². The van der Waals surface area contributed by atoms with Gasteiger partial charge in [-0.15, -0.1) is 0 Å². The van der Waals surface area contributed by atoms with Gasteiger partial charge in [0.25, 0.3) is 5.91 Å². The Balaban J connectivity index is 1.88. The number of halogens is 1. The number of nitrogens with one attached hydrogen (secondary N) is 1. The lowest BCUT2D eigenvalue weighted by atomic mass is 10.1. The molecular formula is C20H14ClNO4. The lowest BCUT2D eigenvalue weighted by molar-refractivity contribution is 0.0698. The number of carboxylic acids is 1. The Labute approximate surface area is 154 Å². The van der Waals surface area contributed by atoms with Crippen LogP contribution in [0, 0.1) is 0 Å². The van der Waals surface area contributed by atoms with Crippen molar-refractivity contribution >= 4 is 29.2 Å². The number of hydrogen-bond acceptors (Lipinski definition) is 3. The number of benzene rings is 3. The van der Waals surface area contributed by atoms with Crippen LogP contribution in [0.3, 0.4) is 0 Å². The molecule has 1 amide bonds. The van der Waals surface area contributed by atoms with Crippen LogP contribution >= 0.6 is 11.6 Å². The smallest absolute Gasteiger partial charge is 0.337 e. The number of anilines is 1. The second-order valence-corrected chi connectivity index (χ2v) is 5.83. The molecule has 0 saturated heterocycles. The second-order valence-electron chi connectivity index (χ2n) is 5.39. The van der Waals surface area contributed by atoms with Gasteiger partial charge in [-0.05, 0) is 48.5 Å². The minimum absolute atomic E-state index is 0.0299. The van der Waals surface area contributed by atoms with Crippen LogP contribution < -0.4 is 10.1 Å². The van der Waals surface area contributed by atoms with Gasteiger partial charge in [0.1, 0.15) is 11.5 Å². The van der Waals surface area contributed by atoms with E-state index in [9.17, 15) is 14.7 Å². The molecule has 3 rings (SSSR count). The van der Waals surface area contributed by atoms with E-state index in [0.717, 1.165) is 0 Å². The Morgan fingerprint density at radius 2 is 1.54 bits per heavy atom. The molecule has 0 atom stereocenters. The third-order valence-electron chi connectivity index (χ3n) is 3.55. The molecule has 6 heteroatoms. The number of aromatic carboxylic acids is 1. The van der Waals surface area contributed by atoms with Gasteiger partial charge in [-0.25, -0.2) is 4.79 Å². The highest BCUT2D eigenvalue weighted by atomic mass is 35.5. The summed E-state index contributed by atoms with van der Waals surface area (Å²) in [7, 11) is 0. The van der Waals surface area contributed by atoms with Gasteiger partial charge in [0.2, 0.25) is 0 Å². The predicted octanol–water partition coefficient (Wildman–Crippen LogP) is 5.08. The van der Waals surface area contributed by atoms with E-state index in [1.807, 2.05) is 0 Å². The van der Waals surface area contributed by atoms with E-state index in [1.54, 1.807) is 54.6 Å². The molecule has 0 aliphatic heterocycles. The van der Waals surface area contributed by atoms with Gasteiger partial charge < -0.3 is 15.2 Å². The van der Waals surface area contributed by atoms with Crippen molar-refractivity contribution in [1.82, 2.24) is 0 Å². The fraction of sp³-hybridized carbons (Fsp3) is 0. The van der Waals surface area contributed by atoms with Gasteiger partial charge in [-0.2, -0.15) is 0 Å². The van der Waals surface area contributed by atoms with Crippen LogP contribution in [-0.2, 0) is 0 Å². The molecule has 0 aliphatic rings.